The molecule has 0 saturated heterocycles. The maximum Gasteiger partial charge on any atom is 0.271 e. The molecule has 2 heterocycles. The van der Waals surface area contributed by atoms with Gasteiger partial charge in [0.05, 0.1) is 10.0 Å². The Morgan fingerprint density at radius 3 is 2.87 bits per heavy atom. The number of aromatic nitrogens is 3. The summed E-state index contributed by atoms with van der Waals surface area (Å²) in [5.41, 5.74) is 3.23. The van der Waals surface area contributed by atoms with Crippen LogP contribution >= 0.6 is 15.9 Å². The monoisotopic (exact) mass is 374 g/mol. The molecule has 0 saturated carbocycles. The number of amides is 1. The largest absolute Gasteiger partial charge is 0.271 e. The molecule has 0 aliphatic heterocycles. The summed E-state index contributed by atoms with van der Waals surface area (Å²) < 4.78 is 0.587. The zero-order valence-corrected chi connectivity index (χ0v) is 14.3. The molecule has 0 aromatic carbocycles. The lowest BCUT2D eigenvalue weighted by Gasteiger charge is -2.26. The Kier molecular flexibility index (Phi) is 5.60. The van der Waals surface area contributed by atoms with Crippen molar-refractivity contribution in [1.29, 1.82) is 5.26 Å². The summed E-state index contributed by atoms with van der Waals surface area (Å²) in [5.74, 6) is 0.425. The molecule has 2 aromatic heterocycles. The smallest absolute Gasteiger partial charge is 0.267 e. The highest BCUT2D eigenvalue weighted by atomic mass is 79.9. The first kappa shape index (κ1) is 16.8. The minimum Gasteiger partial charge on any atom is -0.267 e. The van der Waals surface area contributed by atoms with E-state index in [1.165, 1.54) is 12.4 Å². The van der Waals surface area contributed by atoms with E-state index in [-0.39, 0.29) is 17.6 Å². The number of carbonyl (C=O) groups excluding carboxylic acids is 1. The Morgan fingerprint density at radius 2 is 2.26 bits per heavy atom. The Hall–Kier alpha value is -2.53. The summed E-state index contributed by atoms with van der Waals surface area (Å²) in [6.45, 7) is 4.56. The topological polar surface area (TPSA) is 94.8 Å². The molecule has 0 fully saturated rings. The van der Waals surface area contributed by atoms with Crippen molar-refractivity contribution in [3.63, 3.8) is 0 Å². The van der Waals surface area contributed by atoms with Gasteiger partial charge in [0.15, 0.2) is 5.82 Å². The van der Waals surface area contributed by atoms with Crippen LogP contribution in [0.1, 0.15) is 30.0 Å². The highest BCUT2D eigenvalue weighted by molar-refractivity contribution is 9.10. The van der Waals surface area contributed by atoms with E-state index in [0.717, 1.165) is 0 Å². The van der Waals surface area contributed by atoms with Gasteiger partial charge in [-0.3, -0.25) is 20.2 Å². The number of nitrogens with one attached hydrogen (secondary N) is 1. The number of rotatable bonds is 5. The van der Waals surface area contributed by atoms with Crippen molar-refractivity contribution in [3.05, 3.63) is 46.6 Å². The van der Waals surface area contributed by atoms with Crippen LogP contribution in [0.4, 0.5) is 5.82 Å². The van der Waals surface area contributed by atoms with Gasteiger partial charge >= 0.3 is 0 Å². The Morgan fingerprint density at radius 1 is 1.48 bits per heavy atom. The van der Waals surface area contributed by atoms with Crippen LogP contribution in [0.3, 0.4) is 0 Å². The number of hydrazine groups is 1. The zero-order chi connectivity index (χ0) is 16.8. The van der Waals surface area contributed by atoms with Crippen LogP contribution in [0.2, 0.25) is 0 Å². The third kappa shape index (κ3) is 4.47. The molecule has 1 N–H and O–H groups in total. The van der Waals surface area contributed by atoms with E-state index in [1.54, 1.807) is 23.3 Å². The molecule has 23 heavy (non-hydrogen) atoms. The normalized spacial score (nSPS) is 10.2. The van der Waals surface area contributed by atoms with Gasteiger partial charge in [0.25, 0.3) is 5.91 Å². The van der Waals surface area contributed by atoms with Gasteiger partial charge in [0.1, 0.15) is 6.07 Å². The van der Waals surface area contributed by atoms with Crippen LogP contribution in [0.5, 0.6) is 0 Å². The molecule has 0 bridgehead atoms. The fourth-order valence-corrected chi connectivity index (χ4v) is 2.24. The van der Waals surface area contributed by atoms with Crippen molar-refractivity contribution in [2.24, 2.45) is 5.92 Å². The molecule has 0 atom stereocenters. The lowest BCUT2D eigenvalue weighted by molar-refractivity contribution is 0.0947. The minimum absolute atomic E-state index is 0.0348. The first-order valence-corrected chi connectivity index (χ1v) is 7.71. The quantitative estimate of drug-likeness (QED) is 0.806. The number of nitriles is 1. The summed E-state index contributed by atoms with van der Waals surface area (Å²) in [6.07, 6.45) is 4.58. The molecule has 1 amide bonds. The fraction of sp³-hybridized carbons (Fsp3) is 0.267. The van der Waals surface area contributed by atoms with Crippen LogP contribution in [0.15, 0.2) is 35.2 Å². The predicted molar refractivity (Wildman–Crippen MR) is 88.3 cm³/mol. The summed E-state index contributed by atoms with van der Waals surface area (Å²) in [4.78, 5) is 24.3. The van der Waals surface area contributed by atoms with Crippen LogP contribution in [0, 0.1) is 17.2 Å². The summed E-state index contributed by atoms with van der Waals surface area (Å²) in [5, 5.41) is 10.6. The Bertz CT molecular complexity index is 728. The molecule has 0 spiro atoms. The van der Waals surface area contributed by atoms with Crippen molar-refractivity contribution in [3.8, 4) is 6.07 Å². The van der Waals surface area contributed by atoms with E-state index in [2.05, 4.69) is 36.3 Å². The van der Waals surface area contributed by atoms with E-state index in [4.69, 9.17) is 5.26 Å². The van der Waals surface area contributed by atoms with Crippen LogP contribution in [0.25, 0.3) is 0 Å². The molecule has 8 heteroatoms. The SMILES string of the molecule is CC(C)CN(NC(=O)c1cccnc1)c1nc(C#N)ncc1Br. The Balaban J connectivity index is 2.31. The van der Waals surface area contributed by atoms with Crippen molar-refractivity contribution in [2.45, 2.75) is 13.8 Å². The first-order chi connectivity index (χ1) is 11.0. The van der Waals surface area contributed by atoms with Crippen molar-refractivity contribution in [1.82, 2.24) is 20.4 Å². The molecule has 2 rings (SSSR count). The molecule has 118 valence electrons. The molecular weight excluding hydrogens is 360 g/mol. The van der Waals surface area contributed by atoms with Gasteiger partial charge in [-0.1, -0.05) is 13.8 Å². The van der Waals surface area contributed by atoms with E-state index in [1.807, 2.05) is 19.9 Å². The second kappa shape index (κ2) is 7.65. The van der Waals surface area contributed by atoms with Gasteiger partial charge in [-0.2, -0.15) is 10.2 Å². The number of hydrogen-bond donors (Lipinski definition) is 1. The number of anilines is 1. The summed E-state index contributed by atoms with van der Waals surface area (Å²) in [6, 6.07) is 5.26. The van der Waals surface area contributed by atoms with Gasteiger partial charge in [-0.15, -0.1) is 0 Å². The molecule has 0 aliphatic rings. The van der Waals surface area contributed by atoms with E-state index >= 15 is 0 Å². The maximum absolute atomic E-state index is 12.4. The van der Waals surface area contributed by atoms with Crippen LogP contribution in [-0.4, -0.2) is 27.4 Å². The first-order valence-electron chi connectivity index (χ1n) is 6.92. The Labute approximate surface area is 142 Å². The minimum atomic E-state index is -0.303. The second-order valence-electron chi connectivity index (χ2n) is 5.16. The highest BCUT2D eigenvalue weighted by Gasteiger charge is 2.18. The van der Waals surface area contributed by atoms with Gasteiger partial charge in [0.2, 0.25) is 5.82 Å². The van der Waals surface area contributed by atoms with Gasteiger partial charge in [0, 0.05) is 25.1 Å². The van der Waals surface area contributed by atoms with Crippen molar-refractivity contribution < 1.29 is 4.79 Å². The zero-order valence-electron chi connectivity index (χ0n) is 12.7. The lowest BCUT2D eigenvalue weighted by Crippen LogP contribution is -2.45. The van der Waals surface area contributed by atoms with Crippen LogP contribution in [-0.2, 0) is 0 Å². The second-order valence-corrected chi connectivity index (χ2v) is 6.02. The van der Waals surface area contributed by atoms with Gasteiger partial charge in [-0.25, -0.2) is 4.98 Å². The number of carbonyl (C=O) groups is 1. The van der Waals surface area contributed by atoms with E-state index < -0.39 is 0 Å². The maximum atomic E-state index is 12.4. The van der Waals surface area contributed by atoms with Gasteiger partial charge < -0.3 is 0 Å². The molecule has 0 aliphatic carbocycles. The fourth-order valence-electron chi connectivity index (χ4n) is 1.84. The molecule has 7 nitrogen and oxygen atoms in total. The van der Waals surface area contributed by atoms with Gasteiger partial charge in [-0.05, 0) is 34.0 Å². The number of halogens is 1. The molecule has 2 aromatic rings. The predicted octanol–water partition coefficient (Wildman–Crippen LogP) is 2.31. The average Bonchev–Trinajstić information content (AvgIpc) is 2.55. The number of pyridine rings is 1. The molecular formula is C15H15BrN6O. The van der Waals surface area contributed by atoms with E-state index in [0.29, 0.717) is 22.4 Å². The summed E-state index contributed by atoms with van der Waals surface area (Å²) in [7, 11) is 0. The van der Waals surface area contributed by atoms with Crippen molar-refractivity contribution >= 4 is 27.7 Å². The van der Waals surface area contributed by atoms with E-state index in [9.17, 15) is 4.79 Å². The molecule has 0 radical (unpaired) electrons. The average molecular weight is 375 g/mol. The van der Waals surface area contributed by atoms with Crippen molar-refractivity contribution in [2.75, 3.05) is 11.6 Å². The third-order valence-corrected chi connectivity index (χ3v) is 3.35. The third-order valence-electron chi connectivity index (χ3n) is 2.79. The number of nitrogens with zero attached hydrogens (tertiary/aromatic N) is 5. The lowest BCUT2D eigenvalue weighted by atomic mass is 10.2. The standard InChI is InChI=1S/C15H15BrN6O/c1-10(2)9-22(14-12(16)8-19-13(6-17)20-14)21-15(23)11-4-3-5-18-7-11/h3-5,7-8,10H,9H2,1-2H3,(H,21,23). The van der Waals surface area contributed by atoms with Crippen LogP contribution < -0.4 is 10.4 Å². The highest BCUT2D eigenvalue weighted by Crippen LogP contribution is 2.22. The molecule has 0 unspecified atom stereocenters. The number of hydrogen-bond acceptors (Lipinski definition) is 6. The summed E-state index contributed by atoms with van der Waals surface area (Å²) >= 11 is 3.36.